The second-order valence-corrected chi connectivity index (χ2v) is 9.52. The Hall–Kier alpha value is -3.06. The van der Waals surface area contributed by atoms with Crippen LogP contribution in [-0.4, -0.2) is 0 Å². The van der Waals surface area contributed by atoms with Gasteiger partial charge in [-0.1, -0.05) is 36.1 Å². The van der Waals surface area contributed by atoms with Gasteiger partial charge in [0, 0.05) is 37.0 Å². The molecule has 29 heavy (non-hydrogen) atoms. The second kappa shape index (κ2) is 6.49. The summed E-state index contributed by atoms with van der Waals surface area (Å²) in [5.74, 6) is 6.67. The van der Waals surface area contributed by atoms with Crippen molar-refractivity contribution in [3.63, 3.8) is 0 Å². The first-order chi connectivity index (χ1) is 14.2. The maximum Gasteiger partial charge on any atom is 0.0542 e. The molecule has 0 spiro atoms. The Morgan fingerprint density at radius 2 is 1.62 bits per heavy atom. The lowest BCUT2D eigenvalue weighted by Crippen LogP contribution is -1.83. The molecule has 0 aliphatic heterocycles. The van der Waals surface area contributed by atoms with Crippen LogP contribution in [0.2, 0.25) is 0 Å². The number of rotatable bonds is 0. The van der Waals surface area contributed by atoms with Crippen LogP contribution >= 0.6 is 22.7 Å². The summed E-state index contributed by atoms with van der Waals surface area (Å²) in [4.78, 5) is 0. The summed E-state index contributed by atoms with van der Waals surface area (Å²) < 4.78 is 5.39. The van der Waals surface area contributed by atoms with E-state index in [0.717, 1.165) is 29.7 Å². The second-order valence-electron chi connectivity index (χ2n) is 7.42. The van der Waals surface area contributed by atoms with Gasteiger partial charge in [0.15, 0.2) is 0 Å². The minimum Gasteiger partial charge on any atom is -0.399 e. The summed E-state index contributed by atoms with van der Waals surface area (Å²) >= 11 is 3.75. The first-order valence-electron chi connectivity index (χ1n) is 9.71. The average Bonchev–Trinajstić information content (AvgIpc) is 3.27. The third kappa shape index (κ3) is 2.84. The van der Waals surface area contributed by atoms with Crippen molar-refractivity contribution in [1.82, 2.24) is 0 Å². The molecule has 3 aromatic carbocycles. The molecule has 1 aliphatic rings. The van der Waals surface area contributed by atoms with Gasteiger partial charge in [-0.05, 0) is 66.1 Å². The summed E-state index contributed by atoms with van der Waals surface area (Å²) in [6, 6.07) is 17.3. The van der Waals surface area contributed by atoms with E-state index < -0.39 is 0 Å². The Bertz CT molecular complexity index is 1560. The van der Waals surface area contributed by atoms with Crippen molar-refractivity contribution in [1.29, 1.82) is 0 Å². The number of nitrogen functional groups attached to an aromatic ring is 1. The molecule has 0 amide bonds. The molecule has 5 aromatic rings. The van der Waals surface area contributed by atoms with Gasteiger partial charge in [-0.15, -0.1) is 22.7 Å². The van der Waals surface area contributed by atoms with Gasteiger partial charge in [0.1, 0.15) is 0 Å². The number of fused-ring (bicyclic) bond motifs is 6. The lowest BCUT2D eigenvalue weighted by atomic mass is 10.1. The fourth-order valence-corrected chi connectivity index (χ4v) is 6.59. The van der Waals surface area contributed by atoms with Crippen molar-refractivity contribution in [3.8, 4) is 11.8 Å². The van der Waals surface area contributed by atoms with Crippen molar-refractivity contribution < 1.29 is 0 Å². The zero-order valence-electron chi connectivity index (χ0n) is 15.7. The van der Waals surface area contributed by atoms with Gasteiger partial charge in [0.05, 0.1) is 9.40 Å². The van der Waals surface area contributed by atoms with Crippen LogP contribution in [0.25, 0.3) is 40.3 Å². The van der Waals surface area contributed by atoms with Gasteiger partial charge >= 0.3 is 0 Å². The van der Waals surface area contributed by atoms with Crippen molar-refractivity contribution in [2.75, 3.05) is 5.73 Å². The summed E-state index contributed by atoms with van der Waals surface area (Å²) in [6.45, 7) is 0. The molecule has 1 aliphatic carbocycles. The number of anilines is 1. The van der Waals surface area contributed by atoms with Gasteiger partial charge in [-0.25, -0.2) is 0 Å². The van der Waals surface area contributed by atoms with Crippen LogP contribution in [0, 0.1) is 11.8 Å². The van der Waals surface area contributed by atoms with E-state index in [2.05, 4.69) is 72.5 Å². The Balaban J connectivity index is 1.54. The lowest BCUT2D eigenvalue weighted by Gasteiger charge is -2.00. The van der Waals surface area contributed by atoms with E-state index in [1.807, 2.05) is 28.7 Å². The fraction of sp³-hybridized carbons (Fsp3) is 0.0769. The van der Waals surface area contributed by atoms with Gasteiger partial charge in [0.2, 0.25) is 0 Å². The molecule has 2 aromatic heterocycles. The SMILES string of the molecule is Nc1ccc2cc3sc4c5cc(C#CC6=CCCC=C6)ccc5sc4c3cc2c1. The van der Waals surface area contributed by atoms with E-state index >= 15 is 0 Å². The maximum absolute atomic E-state index is 6.00. The lowest BCUT2D eigenvalue weighted by molar-refractivity contribution is 1.03. The highest BCUT2D eigenvalue weighted by atomic mass is 32.1. The molecule has 2 N–H and O–H groups in total. The predicted octanol–water partition coefficient (Wildman–Crippen LogP) is 7.63. The maximum atomic E-state index is 6.00. The molecule has 0 unspecified atom stereocenters. The van der Waals surface area contributed by atoms with Crippen molar-refractivity contribution >= 4 is 68.7 Å². The zero-order valence-corrected chi connectivity index (χ0v) is 17.3. The van der Waals surface area contributed by atoms with Gasteiger partial charge in [-0.2, -0.15) is 0 Å². The van der Waals surface area contributed by atoms with Crippen LogP contribution in [0.5, 0.6) is 0 Å². The zero-order chi connectivity index (χ0) is 19.4. The van der Waals surface area contributed by atoms with Crippen LogP contribution in [0.4, 0.5) is 5.69 Å². The Labute approximate surface area is 176 Å². The van der Waals surface area contributed by atoms with Gasteiger partial charge < -0.3 is 5.73 Å². The third-order valence-electron chi connectivity index (χ3n) is 5.41. The standard InChI is InChI=1S/C26H17NS2/c27-20-10-9-18-15-24-22(14-19(18)13-20)26-25(29-24)21-12-17(8-11-23(21)28-26)7-6-16-4-2-1-3-5-16/h2,4-5,8-15H,1,3,27H2. The highest BCUT2D eigenvalue weighted by Crippen LogP contribution is 2.45. The number of benzene rings is 3. The van der Waals surface area contributed by atoms with Crippen LogP contribution in [0.15, 0.2) is 72.3 Å². The van der Waals surface area contributed by atoms with E-state index in [0.29, 0.717) is 0 Å². The number of hydrogen-bond donors (Lipinski definition) is 1. The molecule has 1 nitrogen and oxygen atoms in total. The molecular weight excluding hydrogens is 390 g/mol. The van der Waals surface area contributed by atoms with Crippen molar-refractivity contribution in [2.24, 2.45) is 0 Å². The van der Waals surface area contributed by atoms with Crippen LogP contribution in [0.3, 0.4) is 0 Å². The third-order valence-corrected chi connectivity index (χ3v) is 7.93. The fourth-order valence-electron chi connectivity index (χ4n) is 3.95. The molecule has 0 saturated carbocycles. The first kappa shape index (κ1) is 16.9. The highest BCUT2D eigenvalue weighted by Gasteiger charge is 2.13. The predicted molar refractivity (Wildman–Crippen MR) is 130 cm³/mol. The minimum atomic E-state index is 0.811. The van der Waals surface area contributed by atoms with Gasteiger partial charge in [0.25, 0.3) is 0 Å². The van der Waals surface area contributed by atoms with Crippen LogP contribution < -0.4 is 5.73 Å². The molecule has 0 bridgehead atoms. The van der Waals surface area contributed by atoms with Crippen molar-refractivity contribution in [2.45, 2.75) is 12.8 Å². The van der Waals surface area contributed by atoms with Crippen molar-refractivity contribution in [3.05, 3.63) is 77.9 Å². The topological polar surface area (TPSA) is 26.0 Å². The Morgan fingerprint density at radius 1 is 0.759 bits per heavy atom. The normalized spacial score (nSPS) is 13.9. The average molecular weight is 408 g/mol. The number of allylic oxidation sites excluding steroid dienone is 4. The molecule has 0 radical (unpaired) electrons. The van der Waals surface area contributed by atoms with E-state index in [4.69, 9.17) is 5.73 Å². The molecule has 0 saturated heterocycles. The van der Waals surface area contributed by atoms with E-state index in [-0.39, 0.29) is 0 Å². The van der Waals surface area contributed by atoms with E-state index in [9.17, 15) is 0 Å². The number of thiophene rings is 2. The quantitative estimate of drug-likeness (QED) is 0.207. The molecular formula is C26H17NS2. The molecule has 0 fully saturated rings. The van der Waals surface area contributed by atoms with E-state index in [1.54, 1.807) is 0 Å². The molecule has 138 valence electrons. The monoisotopic (exact) mass is 407 g/mol. The molecule has 0 atom stereocenters. The Kier molecular flexibility index (Phi) is 3.77. The Morgan fingerprint density at radius 3 is 2.48 bits per heavy atom. The molecule has 3 heteroatoms. The van der Waals surface area contributed by atoms with E-state index in [1.165, 1.54) is 40.3 Å². The smallest absolute Gasteiger partial charge is 0.0542 e. The number of nitrogens with two attached hydrogens (primary N) is 1. The highest BCUT2D eigenvalue weighted by molar-refractivity contribution is 7.36. The molecule has 2 heterocycles. The molecule has 6 rings (SSSR count). The minimum absolute atomic E-state index is 0.811. The summed E-state index contributed by atoms with van der Waals surface area (Å²) in [7, 11) is 0. The summed E-state index contributed by atoms with van der Waals surface area (Å²) in [5, 5.41) is 5.09. The first-order valence-corrected chi connectivity index (χ1v) is 11.3. The van der Waals surface area contributed by atoms with Gasteiger partial charge in [-0.3, -0.25) is 0 Å². The largest absolute Gasteiger partial charge is 0.399 e. The van der Waals surface area contributed by atoms with Crippen LogP contribution in [-0.2, 0) is 0 Å². The van der Waals surface area contributed by atoms with Crippen LogP contribution in [0.1, 0.15) is 18.4 Å². The summed E-state index contributed by atoms with van der Waals surface area (Å²) in [6.07, 6.45) is 8.76. The number of hydrogen-bond acceptors (Lipinski definition) is 3. The summed E-state index contributed by atoms with van der Waals surface area (Å²) in [5.41, 5.74) is 9.01.